The van der Waals surface area contributed by atoms with E-state index in [0.29, 0.717) is 50.0 Å². The fourth-order valence-corrected chi connectivity index (χ4v) is 5.88. The number of aromatic amines is 1. The maximum Gasteiger partial charge on any atom is 0.270 e. The minimum Gasteiger partial charge on any atom is -0.494 e. The van der Waals surface area contributed by atoms with Crippen LogP contribution in [0.2, 0.25) is 5.02 Å². The molecule has 1 aliphatic rings. The summed E-state index contributed by atoms with van der Waals surface area (Å²) in [5.41, 5.74) is 5.09. The molecule has 1 aliphatic heterocycles. The van der Waals surface area contributed by atoms with Crippen LogP contribution < -0.4 is 9.64 Å². The Morgan fingerprint density at radius 2 is 1.73 bits per heavy atom. The zero-order valence-corrected chi connectivity index (χ0v) is 24.7. The second-order valence-electron chi connectivity index (χ2n) is 10.5. The molecule has 2 amide bonds. The van der Waals surface area contributed by atoms with Crippen molar-refractivity contribution in [3.63, 3.8) is 0 Å². The molecule has 41 heavy (non-hydrogen) atoms. The summed E-state index contributed by atoms with van der Waals surface area (Å²) in [7, 11) is 0. The highest BCUT2D eigenvalue weighted by molar-refractivity contribution is 6.35. The van der Waals surface area contributed by atoms with E-state index in [2.05, 4.69) is 16.0 Å². The fraction of sp³-hybridized carbons (Fsp3) is 0.333. The van der Waals surface area contributed by atoms with E-state index in [1.807, 2.05) is 84.3 Å². The molecule has 4 aromatic rings. The second kappa shape index (κ2) is 12.8. The highest BCUT2D eigenvalue weighted by Crippen LogP contribution is 2.30. The summed E-state index contributed by atoms with van der Waals surface area (Å²) in [4.78, 5) is 36.4. The minimum atomic E-state index is -0.0899. The lowest BCUT2D eigenvalue weighted by Crippen LogP contribution is -2.39. The predicted molar refractivity (Wildman–Crippen MR) is 165 cm³/mol. The van der Waals surface area contributed by atoms with Crippen LogP contribution in [0.15, 0.2) is 66.7 Å². The number of carbonyl (C=O) groups is 2. The van der Waals surface area contributed by atoms with Crippen molar-refractivity contribution in [1.82, 2.24) is 14.8 Å². The second-order valence-corrected chi connectivity index (χ2v) is 10.9. The molecule has 1 N–H and O–H groups in total. The lowest BCUT2D eigenvalue weighted by molar-refractivity contribution is -0.116. The summed E-state index contributed by atoms with van der Waals surface area (Å²) < 4.78 is 5.90. The molecule has 0 saturated carbocycles. The fourth-order valence-electron chi connectivity index (χ4n) is 5.66. The number of carbonyl (C=O) groups excluding carboxylic acids is 2. The Balaban J connectivity index is 1.51. The normalized spacial score (nSPS) is 14.9. The summed E-state index contributed by atoms with van der Waals surface area (Å²) in [6.45, 7) is 9.78. The van der Waals surface area contributed by atoms with E-state index >= 15 is 0 Å². The number of nitrogens with one attached hydrogen (secondary N) is 1. The quantitative estimate of drug-likeness (QED) is 0.299. The monoisotopic (exact) mass is 572 g/mol. The number of hydrogen-bond donors (Lipinski definition) is 1. The number of halogens is 1. The first-order valence-corrected chi connectivity index (χ1v) is 14.6. The summed E-state index contributed by atoms with van der Waals surface area (Å²) in [6, 6.07) is 21.7. The summed E-state index contributed by atoms with van der Waals surface area (Å²) >= 11 is 6.47. The Bertz CT molecular complexity index is 1550. The number of fused-ring (bicyclic) bond motifs is 2. The predicted octanol–water partition coefficient (Wildman–Crippen LogP) is 6.43. The SMILES string of the molecule is CCOc1ccccc1CN1CCCN(C(C)=O)c2ccccc2CN(C(=O)c2[nH]c3c(Cl)cccc3c2C)CC1. The van der Waals surface area contributed by atoms with Crippen LogP contribution in [-0.4, -0.2) is 59.4 Å². The number of aromatic nitrogens is 1. The van der Waals surface area contributed by atoms with Crippen molar-refractivity contribution in [3.8, 4) is 5.75 Å². The number of aryl methyl sites for hydroxylation is 1. The van der Waals surface area contributed by atoms with Crippen molar-refractivity contribution in [2.45, 2.75) is 40.3 Å². The van der Waals surface area contributed by atoms with Crippen molar-refractivity contribution >= 4 is 40.0 Å². The molecule has 8 heteroatoms. The molecule has 0 saturated heterocycles. The van der Waals surface area contributed by atoms with Crippen LogP contribution in [0, 0.1) is 6.92 Å². The first-order valence-electron chi connectivity index (χ1n) is 14.2. The molecule has 7 nitrogen and oxygen atoms in total. The third kappa shape index (κ3) is 6.26. The molecular weight excluding hydrogens is 536 g/mol. The van der Waals surface area contributed by atoms with Gasteiger partial charge in [0, 0.05) is 62.8 Å². The zero-order chi connectivity index (χ0) is 28.9. The Morgan fingerprint density at radius 3 is 2.51 bits per heavy atom. The molecule has 0 aliphatic carbocycles. The van der Waals surface area contributed by atoms with E-state index in [1.165, 1.54) is 0 Å². The minimum absolute atomic E-state index is 0.0103. The molecular formula is C33H37ClN4O3. The average Bonchev–Trinajstić information content (AvgIpc) is 3.29. The number of para-hydroxylation sites is 3. The number of anilines is 1. The van der Waals surface area contributed by atoms with Gasteiger partial charge in [-0.25, -0.2) is 0 Å². The topological polar surface area (TPSA) is 68.9 Å². The zero-order valence-electron chi connectivity index (χ0n) is 24.0. The molecule has 0 spiro atoms. The lowest BCUT2D eigenvalue weighted by atomic mass is 10.1. The lowest BCUT2D eigenvalue weighted by Gasteiger charge is -2.28. The van der Waals surface area contributed by atoms with Crippen molar-refractivity contribution < 1.29 is 14.3 Å². The standard InChI is InChI=1S/C33H37ClN4O3/c1-4-41-30-16-8-6-12-26(30)21-36-17-10-18-38(24(3)39)29-15-7-5-11-25(29)22-37(20-19-36)33(40)31-23(2)27-13-9-14-28(34)32(27)35-31/h5-9,11-16,35H,4,10,17-22H2,1-3H3. The number of H-pyrrole nitrogens is 1. The van der Waals surface area contributed by atoms with Crippen LogP contribution in [0.5, 0.6) is 5.75 Å². The van der Waals surface area contributed by atoms with E-state index in [4.69, 9.17) is 16.3 Å². The van der Waals surface area contributed by atoms with Crippen LogP contribution in [0.1, 0.15) is 47.4 Å². The average molecular weight is 573 g/mol. The van der Waals surface area contributed by atoms with Gasteiger partial charge in [0.1, 0.15) is 11.4 Å². The van der Waals surface area contributed by atoms with Crippen LogP contribution in [-0.2, 0) is 17.9 Å². The maximum atomic E-state index is 14.2. The van der Waals surface area contributed by atoms with Crippen molar-refractivity contribution in [2.24, 2.45) is 0 Å². The highest BCUT2D eigenvalue weighted by Gasteiger charge is 2.26. The van der Waals surface area contributed by atoms with Gasteiger partial charge in [-0.05, 0) is 49.6 Å². The summed E-state index contributed by atoms with van der Waals surface area (Å²) in [6.07, 6.45) is 0.804. The smallest absolute Gasteiger partial charge is 0.270 e. The summed E-state index contributed by atoms with van der Waals surface area (Å²) in [5, 5.41) is 1.53. The maximum absolute atomic E-state index is 14.2. The molecule has 0 fully saturated rings. The molecule has 5 rings (SSSR count). The molecule has 0 bridgehead atoms. The van der Waals surface area contributed by atoms with E-state index < -0.39 is 0 Å². The molecule has 3 aromatic carbocycles. The van der Waals surface area contributed by atoms with Crippen LogP contribution in [0.3, 0.4) is 0 Å². The number of benzene rings is 3. The van der Waals surface area contributed by atoms with E-state index in [-0.39, 0.29) is 11.8 Å². The van der Waals surface area contributed by atoms with Crippen LogP contribution in [0.25, 0.3) is 10.9 Å². The molecule has 1 aromatic heterocycles. The Labute approximate surface area is 246 Å². The van der Waals surface area contributed by atoms with Crippen molar-refractivity contribution in [3.05, 3.63) is 94.1 Å². The Kier molecular flexibility index (Phi) is 8.96. The first-order chi connectivity index (χ1) is 19.9. The molecule has 0 unspecified atom stereocenters. The van der Waals surface area contributed by atoms with Crippen molar-refractivity contribution in [1.29, 1.82) is 0 Å². The molecule has 0 radical (unpaired) electrons. The van der Waals surface area contributed by atoms with Gasteiger partial charge >= 0.3 is 0 Å². The number of ether oxygens (including phenoxy) is 1. The van der Waals surface area contributed by atoms with Gasteiger partial charge in [0.05, 0.1) is 17.1 Å². The van der Waals surface area contributed by atoms with Crippen molar-refractivity contribution in [2.75, 3.05) is 37.7 Å². The van der Waals surface area contributed by atoms with Gasteiger partial charge in [0.15, 0.2) is 0 Å². The van der Waals surface area contributed by atoms with Crippen LogP contribution >= 0.6 is 11.6 Å². The number of amides is 2. The van der Waals surface area contributed by atoms with Gasteiger partial charge in [0.25, 0.3) is 5.91 Å². The Morgan fingerprint density at radius 1 is 0.951 bits per heavy atom. The molecule has 2 heterocycles. The first kappa shape index (κ1) is 28.7. The number of rotatable bonds is 5. The van der Waals surface area contributed by atoms with Gasteiger partial charge in [-0.1, -0.05) is 60.1 Å². The van der Waals surface area contributed by atoms with Gasteiger partial charge in [-0.3, -0.25) is 14.5 Å². The third-order valence-corrected chi connectivity index (χ3v) is 8.09. The van der Waals surface area contributed by atoms with E-state index in [9.17, 15) is 9.59 Å². The Hall–Kier alpha value is -3.81. The highest BCUT2D eigenvalue weighted by atomic mass is 35.5. The van der Waals surface area contributed by atoms with Gasteiger partial charge in [-0.15, -0.1) is 0 Å². The molecule has 214 valence electrons. The van der Waals surface area contributed by atoms with Gasteiger partial charge < -0.3 is 19.5 Å². The molecule has 0 atom stereocenters. The van der Waals surface area contributed by atoms with Gasteiger partial charge in [0.2, 0.25) is 5.91 Å². The van der Waals surface area contributed by atoms with Gasteiger partial charge in [-0.2, -0.15) is 0 Å². The van der Waals surface area contributed by atoms with E-state index in [0.717, 1.165) is 52.0 Å². The largest absolute Gasteiger partial charge is 0.494 e. The van der Waals surface area contributed by atoms with Crippen LogP contribution in [0.4, 0.5) is 5.69 Å². The summed E-state index contributed by atoms with van der Waals surface area (Å²) in [5.74, 6) is 0.775. The van der Waals surface area contributed by atoms with E-state index in [1.54, 1.807) is 6.92 Å². The number of nitrogens with zero attached hydrogens (tertiary/aromatic N) is 3. The third-order valence-electron chi connectivity index (χ3n) is 7.78. The number of hydrogen-bond acceptors (Lipinski definition) is 4.